The number of rotatable bonds is 4. The molecule has 0 heterocycles. The van der Waals surface area contributed by atoms with Crippen molar-refractivity contribution in [2.75, 3.05) is 12.3 Å². The number of hydrogen-bond donors (Lipinski definition) is 2. The highest BCUT2D eigenvalue weighted by Gasteiger charge is 2.10. The van der Waals surface area contributed by atoms with E-state index in [-0.39, 0.29) is 5.91 Å². The van der Waals surface area contributed by atoms with Crippen LogP contribution in [-0.2, 0) is 0 Å². The van der Waals surface area contributed by atoms with Crippen LogP contribution in [0.4, 0.5) is 5.69 Å². The molecule has 102 valence electrons. The molecule has 0 unspecified atom stereocenters. The maximum Gasteiger partial charge on any atom is 0.252 e. The molecule has 0 spiro atoms. The lowest BCUT2D eigenvalue weighted by molar-refractivity contribution is 0.0954. The molecule has 0 radical (unpaired) electrons. The molecular weight excluding hydrogens is 260 g/mol. The van der Waals surface area contributed by atoms with Gasteiger partial charge in [0.2, 0.25) is 0 Å². The molecule has 0 fully saturated rings. The van der Waals surface area contributed by atoms with Gasteiger partial charge in [0.1, 0.15) is 0 Å². The highest BCUT2D eigenvalue weighted by Crippen LogP contribution is 2.20. The van der Waals surface area contributed by atoms with Crippen molar-refractivity contribution >= 4 is 23.2 Å². The first-order chi connectivity index (χ1) is 9.16. The first-order valence-electron chi connectivity index (χ1n) is 6.68. The lowest BCUT2D eigenvalue weighted by Gasteiger charge is -2.13. The standard InChI is InChI=1S/C15H19ClN2O/c16-14-7-6-12(17)10-13(14)15(19)18-9-8-11-4-2-1-3-5-11/h4,6-7,10H,1-3,5,8-9,17H2,(H,18,19). The lowest BCUT2D eigenvalue weighted by Crippen LogP contribution is -2.25. The highest BCUT2D eigenvalue weighted by molar-refractivity contribution is 6.34. The van der Waals surface area contributed by atoms with E-state index in [9.17, 15) is 4.79 Å². The van der Waals surface area contributed by atoms with Gasteiger partial charge in [-0.15, -0.1) is 0 Å². The van der Waals surface area contributed by atoms with Gasteiger partial charge in [0.25, 0.3) is 5.91 Å². The summed E-state index contributed by atoms with van der Waals surface area (Å²) in [5, 5.41) is 3.33. The summed E-state index contributed by atoms with van der Waals surface area (Å²) in [6.07, 6.45) is 8.10. The maximum atomic E-state index is 12.0. The smallest absolute Gasteiger partial charge is 0.252 e. The Balaban J connectivity index is 1.87. The third-order valence-corrected chi connectivity index (χ3v) is 3.68. The van der Waals surface area contributed by atoms with Crippen molar-refractivity contribution in [1.29, 1.82) is 0 Å². The summed E-state index contributed by atoms with van der Waals surface area (Å²) in [5.74, 6) is -0.159. The molecule has 19 heavy (non-hydrogen) atoms. The maximum absolute atomic E-state index is 12.0. The van der Waals surface area contributed by atoms with E-state index in [0.717, 1.165) is 12.8 Å². The van der Waals surface area contributed by atoms with Crippen LogP contribution in [0, 0.1) is 0 Å². The van der Waals surface area contributed by atoms with Crippen LogP contribution in [0.5, 0.6) is 0 Å². The SMILES string of the molecule is Nc1ccc(Cl)c(C(=O)NCCC2=CCCCC2)c1. The molecule has 4 heteroatoms. The Bertz CT molecular complexity index is 497. The van der Waals surface area contributed by atoms with Gasteiger partial charge in [0.15, 0.2) is 0 Å². The Kier molecular flexibility index (Phi) is 4.86. The molecule has 0 bridgehead atoms. The Labute approximate surface area is 118 Å². The fourth-order valence-electron chi connectivity index (χ4n) is 2.28. The molecule has 0 saturated heterocycles. The topological polar surface area (TPSA) is 55.1 Å². The number of allylic oxidation sites excluding steroid dienone is 1. The number of anilines is 1. The van der Waals surface area contributed by atoms with E-state index in [1.807, 2.05) is 0 Å². The summed E-state index contributed by atoms with van der Waals surface area (Å²) >= 11 is 5.99. The van der Waals surface area contributed by atoms with Gasteiger partial charge < -0.3 is 11.1 Å². The number of carbonyl (C=O) groups excluding carboxylic acids is 1. The fraction of sp³-hybridized carbons (Fsp3) is 0.400. The Morgan fingerprint density at radius 1 is 1.37 bits per heavy atom. The van der Waals surface area contributed by atoms with Crippen molar-refractivity contribution in [2.45, 2.75) is 32.1 Å². The number of amides is 1. The Morgan fingerprint density at radius 3 is 2.95 bits per heavy atom. The number of benzene rings is 1. The molecule has 3 N–H and O–H groups in total. The summed E-state index contributed by atoms with van der Waals surface area (Å²) in [7, 11) is 0. The van der Waals surface area contributed by atoms with E-state index in [4.69, 9.17) is 17.3 Å². The zero-order valence-electron chi connectivity index (χ0n) is 10.9. The average Bonchev–Trinajstić information content (AvgIpc) is 2.42. The van der Waals surface area contributed by atoms with Crippen LogP contribution in [-0.4, -0.2) is 12.5 Å². The van der Waals surface area contributed by atoms with Crippen LogP contribution in [0.2, 0.25) is 5.02 Å². The van der Waals surface area contributed by atoms with Crippen LogP contribution < -0.4 is 11.1 Å². The summed E-state index contributed by atoms with van der Waals surface area (Å²) in [6.45, 7) is 0.649. The minimum atomic E-state index is -0.159. The summed E-state index contributed by atoms with van der Waals surface area (Å²) in [4.78, 5) is 12.0. The minimum Gasteiger partial charge on any atom is -0.399 e. The number of nitrogens with two attached hydrogens (primary N) is 1. The summed E-state index contributed by atoms with van der Waals surface area (Å²) < 4.78 is 0. The van der Waals surface area contributed by atoms with E-state index in [2.05, 4.69) is 11.4 Å². The monoisotopic (exact) mass is 278 g/mol. The predicted molar refractivity (Wildman–Crippen MR) is 79.4 cm³/mol. The van der Waals surface area contributed by atoms with Gasteiger partial charge >= 0.3 is 0 Å². The fourth-order valence-corrected chi connectivity index (χ4v) is 2.48. The molecule has 0 aromatic heterocycles. The zero-order valence-corrected chi connectivity index (χ0v) is 11.7. The Hall–Kier alpha value is -1.48. The highest BCUT2D eigenvalue weighted by atomic mass is 35.5. The van der Waals surface area contributed by atoms with E-state index >= 15 is 0 Å². The number of hydrogen-bond acceptors (Lipinski definition) is 2. The zero-order chi connectivity index (χ0) is 13.7. The number of carbonyl (C=O) groups is 1. The van der Waals surface area contributed by atoms with Gasteiger partial charge in [-0.3, -0.25) is 4.79 Å². The summed E-state index contributed by atoms with van der Waals surface area (Å²) in [5.41, 5.74) is 8.10. The largest absolute Gasteiger partial charge is 0.399 e. The molecule has 3 nitrogen and oxygen atoms in total. The van der Waals surface area contributed by atoms with E-state index < -0.39 is 0 Å². The average molecular weight is 279 g/mol. The molecule has 1 aromatic carbocycles. The molecule has 0 atom stereocenters. The van der Waals surface area contributed by atoms with Crippen LogP contribution >= 0.6 is 11.6 Å². The molecule has 1 amide bonds. The molecular formula is C15H19ClN2O. The second kappa shape index (κ2) is 6.62. The van der Waals surface area contributed by atoms with Crippen molar-refractivity contribution in [1.82, 2.24) is 5.32 Å². The second-order valence-corrected chi connectivity index (χ2v) is 5.26. The van der Waals surface area contributed by atoms with Crippen LogP contribution in [0.25, 0.3) is 0 Å². The molecule has 2 rings (SSSR count). The van der Waals surface area contributed by atoms with Gasteiger partial charge in [-0.25, -0.2) is 0 Å². The molecule has 0 saturated carbocycles. The van der Waals surface area contributed by atoms with Crippen molar-refractivity contribution in [3.05, 3.63) is 40.4 Å². The normalized spacial score (nSPS) is 14.9. The first kappa shape index (κ1) is 13.9. The second-order valence-electron chi connectivity index (χ2n) is 4.85. The van der Waals surface area contributed by atoms with Crippen molar-refractivity contribution in [3.63, 3.8) is 0 Å². The van der Waals surface area contributed by atoms with Gasteiger partial charge in [-0.1, -0.05) is 23.3 Å². The molecule has 1 aliphatic rings. The third-order valence-electron chi connectivity index (χ3n) is 3.35. The molecule has 1 aliphatic carbocycles. The number of nitrogen functional groups attached to an aromatic ring is 1. The first-order valence-corrected chi connectivity index (χ1v) is 7.06. The quantitative estimate of drug-likeness (QED) is 0.654. The molecule has 0 aliphatic heterocycles. The van der Waals surface area contributed by atoms with Gasteiger partial charge in [-0.2, -0.15) is 0 Å². The van der Waals surface area contributed by atoms with Crippen molar-refractivity contribution in [2.24, 2.45) is 0 Å². The molecule has 1 aromatic rings. The van der Waals surface area contributed by atoms with Gasteiger partial charge in [0, 0.05) is 12.2 Å². The van der Waals surface area contributed by atoms with E-state index in [0.29, 0.717) is 22.8 Å². The van der Waals surface area contributed by atoms with Crippen LogP contribution in [0.3, 0.4) is 0 Å². The third kappa shape index (κ3) is 4.00. The Morgan fingerprint density at radius 2 is 2.21 bits per heavy atom. The van der Waals surface area contributed by atoms with Crippen molar-refractivity contribution in [3.8, 4) is 0 Å². The summed E-state index contributed by atoms with van der Waals surface area (Å²) in [6, 6.07) is 4.94. The van der Waals surface area contributed by atoms with Gasteiger partial charge in [0.05, 0.1) is 10.6 Å². The number of halogens is 1. The number of nitrogens with one attached hydrogen (secondary N) is 1. The van der Waals surface area contributed by atoms with E-state index in [1.54, 1.807) is 18.2 Å². The predicted octanol–water partition coefficient (Wildman–Crippen LogP) is 3.54. The van der Waals surface area contributed by atoms with Gasteiger partial charge in [-0.05, 0) is 50.3 Å². The van der Waals surface area contributed by atoms with Crippen LogP contribution in [0.15, 0.2) is 29.8 Å². The van der Waals surface area contributed by atoms with E-state index in [1.165, 1.54) is 24.8 Å². The van der Waals surface area contributed by atoms with Crippen molar-refractivity contribution < 1.29 is 4.79 Å². The van der Waals surface area contributed by atoms with Crippen LogP contribution in [0.1, 0.15) is 42.5 Å². The minimum absolute atomic E-state index is 0.159. The lowest BCUT2D eigenvalue weighted by atomic mass is 9.97.